The maximum Gasteiger partial charge on any atom is 0.307 e. The highest BCUT2D eigenvalue weighted by molar-refractivity contribution is 7.80. The van der Waals surface area contributed by atoms with Crippen LogP contribution in [0.15, 0.2) is 17.0 Å². The van der Waals surface area contributed by atoms with E-state index in [9.17, 15) is 13.6 Å². The summed E-state index contributed by atoms with van der Waals surface area (Å²) in [6.45, 7) is 0. The van der Waals surface area contributed by atoms with Crippen LogP contribution in [0.4, 0.5) is 8.78 Å². The molecule has 0 bridgehead atoms. The Balaban J connectivity index is 3.29. The summed E-state index contributed by atoms with van der Waals surface area (Å²) in [5.74, 6) is -1.13. The minimum atomic E-state index is -2.82. The highest BCUT2D eigenvalue weighted by Crippen LogP contribution is 2.28. The summed E-state index contributed by atoms with van der Waals surface area (Å²) in [6.07, 6.45) is -3.20. The first-order valence-electron chi connectivity index (χ1n) is 4.21. The van der Waals surface area contributed by atoms with E-state index in [2.05, 4.69) is 12.6 Å². The number of hydrogen-bond donors (Lipinski definition) is 2. The molecule has 0 spiro atoms. The van der Waals surface area contributed by atoms with Gasteiger partial charge >= 0.3 is 5.97 Å². The molecule has 0 saturated carbocycles. The normalized spacial score (nSPS) is 10.2. The van der Waals surface area contributed by atoms with Crippen LogP contribution in [0.25, 0.3) is 0 Å². The second kappa shape index (κ2) is 4.94. The van der Waals surface area contributed by atoms with E-state index in [0.717, 1.165) is 6.07 Å². The second-order valence-electron chi connectivity index (χ2n) is 3.06. The lowest BCUT2D eigenvalue weighted by molar-refractivity contribution is -0.136. The molecule has 0 heterocycles. The highest BCUT2D eigenvalue weighted by Gasteiger charge is 2.17. The maximum atomic E-state index is 12.6. The van der Waals surface area contributed by atoms with Crippen LogP contribution in [-0.4, -0.2) is 11.1 Å². The second-order valence-corrected chi connectivity index (χ2v) is 3.54. The average molecular weight is 243 g/mol. The van der Waals surface area contributed by atoms with Crippen molar-refractivity contribution in [2.24, 2.45) is 0 Å². The molecule has 0 saturated heterocycles. The van der Waals surface area contributed by atoms with Gasteiger partial charge in [-0.1, -0.05) is 0 Å². The number of aliphatic carboxylic acids is 1. The Bertz CT molecular complexity index is 469. The number of carboxylic acids is 1. The van der Waals surface area contributed by atoms with E-state index in [4.69, 9.17) is 10.4 Å². The van der Waals surface area contributed by atoms with Crippen molar-refractivity contribution in [3.63, 3.8) is 0 Å². The number of nitriles is 1. The lowest BCUT2D eigenvalue weighted by atomic mass is 10.0. The van der Waals surface area contributed by atoms with E-state index >= 15 is 0 Å². The molecule has 6 heteroatoms. The van der Waals surface area contributed by atoms with Crippen molar-refractivity contribution in [2.45, 2.75) is 17.7 Å². The van der Waals surface area contributed by atoms with E-state index in [1.54, 1.807) is 6.07 Å². The number of alkyl halides is 2. The number of carboxylic acid groups (broad SMARTS) is 1. The Morgan fingerprint density at radius 2 is 2.19 bits per heavy atom. The summed E-state index contributed by atoms with van der Waals surface area (Å²) in [4.78, 5) is 10.5. The van der Waals surface area contributed by atoms with Crippen LogP contribution in [0, 0.1) is 11.3 Å². The standard InChI is InChI=1S/C10H7F2NO2S/c11-10(12)6-1-5(3-9(14)15)2-8(16)7(6)4-13/h1-2,10,16H,3H2,(H,14,15). The Hall–Kier alpha value is -1.61. The van der Waals surface area contributed by atoms with Gasteiger partial charge in [-0.2, -0.15) is 5.26 Å². The number of thiol groups is 1. The molecule has 0 radical (unpaired) electrons. The fourth-order valence-electron chi connectivity index (χ4n) is 1.28. The molecule has 0 aliphatic rings. The van der Waals surface area contributed by atoms with E-state index in [0.29, 0.717) is 0 Å². The van der Waals surface area contributed by atoms with Crippen LogP contribution in [0.3, 0.4) is 0 Å². The van der Waals surface area contributed by atoms with Gasteiger partial charge in [0.25, 0.3) is 6.43 Å². The predicted molar refractivity (Wildman–Crippen MR) is 54.7 cm³/mol. The van der Waals surface area contributed by atoms with Crippen LogP contribution >= 0.6 is 12.6 Å². The third-order valence-corrected chi connectivity index (χ3v) is 2.26. The molecule has 0 unspecified atom stereocenters. The van der Waals surface area contributed by atoms with Crippen molar-refractivity contribution in [3.05, 3.63) is 28.8 Å². The summed E-state index contributed by atoms with van der Waals surface area (Å²) in [7, 11) is 0. The van der Waals surface area contributed by atoms with Gasteiger partial charge in [0.2, 0.25) is 0 Å². The lowest BCUT2D eigenvalue weighted by Gasteiger charge is -2.08. The fraction of sp³-hybridized carbons (Fsp3) is 0.200. The number of nitrogens with zero attached hydrogens (tertiary/aromatic N) is 1. The minimum Gasteiger partial charge on any atom is -0.481 e. The summed E-state index contributed by atoms with van der Waals surface area (Å²) < 4.78 is 25.2. The fourth-order valence-corrected chi connectivity index (χ4v) is 1.62. The number of rotatable bonds is 3. The van der Waals surface area contributed by atoms with Gasteiger partial charge in [0.1, 0.15) is 6.07 Å². The van der Waals surface area contributed by atoms with Crippen LogP contribution in [0.2, 0.25) is 0 Å². The molecule has 0 atom stereocenters. The predicted octanol–water partition coefficient (Wildman–Crippen LogP) is 2.41. The van der Waals surface area contributed by atoms with Gasteiger partial charge < -0.3 is 5.11 Å². The Labute approximate surface area is 95.7 Å². The molecule has 1 aromatic carbocycles. The van der Waals surface area contributed by atoms with Crippen LogP contribution in [0.5, 0.6) is 0 Å². The van der Waals surface area contributed by atoms with Gasteiger partial charge in [0, 0.05) is 10.5 Å². The SMILES string of the molecule is N#Cc1c(S)cc(CC(=O)O)cc1C(F)F. The van der Waals surface area contributed by atoms with E-state index in [1.807, 2.05) is 0 Å². The Morgan fingerprint density at radius 1 is 1.56 bits per heavy atom. The quantitative estimate of drug-likeness (QED) is 0.801. The lowest BCUT2D eigenvalue weighted by Crippen LogP contribution is -2.02. The number of carbonyl (C=O) groups is 1. The number of benzene rings is 1. The monoisotopic (exact) mass is 243 g/mol. The van der Waals surface area contributed by atoms with Gasteiger partial charge in [0.15, 0.2) is 0 Å². The molecule has 1 rings (SSSR count). The largest absolute Gasteiger partial charge is 0.481 e. The molecule has 0 aliphatic carbocycles. The van der Waals surface area contributed by atoms with Crippen molar-refractivity contribution in [1.82, 2.24) is 0 Å². The first-order valence-corrected chi connectivity index (χ1v) is 4.66. The summed E-state index contributed by atoms with van der Waals surface area (Å²) in [6, 6.07) is 3.95. The molecule has 84 valence electrons. The third-order valence-electron chi connectivity index (χ3n) is 1.91. The van der Waals surface area contributed by atoms with Gasteiger partial charge in [-0.25, -0.2) is 8.78 Å². The molecular weight excluding hydrogens is 236 g/mol. The molecule has 0 aromatic heterocycles. The highest BCUT2D eigenvalue weighted by atomic mass is 32.1. The number of halogens is 2. The molecule has 1 aromatic rings. The third kappa shape index (κ3) is 2.70. The first-order chi connectivity index (χ1) is 7.45. The molecule has 16 heavy (non-hydrogen) atoms. The average Bonchev–Trinajstić information content (AvgIpc) is 2.15. The minimum absolute atomic E-state index is 0.0662. The molecular formula is C10H7F2NO2S. The smallest absolute Gasteiger partial charge is 0.307 e. The zero-order valence-corrected chi connectivity index (χ0v) is 8.84. The van der Waals surface area contributed by atoms with E-state index < -0.39 is 18.0 Å². The first kappa shape index (κ1) is 12.5. The zero-order valence-electron chi connectivity index (χ0n) is 7.94. The van der Waals surface area contributed by atoms with Crippen LogP contribution in [0.1, 0.15) is 23.1 Å². The molecule has 3 nitrogen and oxygen atoms in total. The van der Waals surface area contributed by atoms with Crippen LogP contribution in [-0.2, 0) is 11.2 Å². The summed E-state index contributed by atoms with van der Waals surface area (Å²) in [5.41, 5.74) is -0.495. The summed E-state index contributed by atoms with van der Waals surface area (Å²) in [5, 5.41) is 17.2. The summed E-state index contributed by atoms with van der Waals surface area (Å²) >= 11 is 3.89. The van der Waals surface area contributed by atoms with Gasteiger partial charge in [-0.3, -0.25) is 4.79 Å². The maximum absolute atomic E-state index is 12.6. The van der Waals surface area contributed by atoms with Crippen molar-refractivity contribution in [1.29, 1.82) is 5.26 Å². The van der Waals surface area contributed by atoms with E-state index in [1.165, 1.54) is 6.07 Å². The Morgan fingerprint density at radius 3 is 2.62 bits per heavy atom. The topological polar surface area (TPSA) is 61.1 Å². The van der Waals surface area contributed by atoms with Crippen molar-refractivity contribution < 1.29 is 18.7 Å². The van der Waals surface area contributed by atoms with Crippen molar-refractivity contribution in [2.75, 3.05) is 0 Å². The number of hydrogen-bond acceptors (Lipinski definition) is 3. The Kier molecular flexibility index (Phi) is 3.85. The van der Waals surface area contributed by atoms with Crippen molar-refractivity contribution >= 4 is 18.6 Å². The van der Waals surface area contributed by atoms with Gasteiger partial charge in [-0.05, 0) is 17.7 Å². The molecule has 0 aliphatic heterocycles. The molecule has 1 N–H and O–H groups in total. The van der Waals surface area contributed by atoms with Crippen molar-refractivity contribution in [3.8, 4) is 6.07 Å². The van der Waals surface area contributed by atoms with Gasteiger partial charge in [-0.15, -0.1) is 12.6 Å². The van der Waals surface area contributed by atoms with Crippen LogP contribution < -0.4 is 0 Å². The van der Waals surface area contributed by atoms with Gasteiger partial charge in [0.05, 0.1) is 12.0 Å². The van der Waals surface area contributed by atoms with E-state index in [-0.39, 0.29) is 22.4 Å². The molecule has 0 amide bonds. The zero-order chi connectivity index (χ0) is 12.3. The molecule has 0 fully saturated rings.